The maximum Gasteiger partial charge on any atom is 0.0743 e. The minimum atomic E-state index is -0.00907. The van der Waals surface area contributed by atoms with Crippen LogP contribution in [0.25, 0.3) is 0 Å². The molecule has 1 heterocycles. The number of hydrazine groups is 1. The van der Waals surface area contributed by atoms with Crippen molar-refractivity contribution in [3.05, 3.63) is 52.8 Å². The third kappa shape index (κ3) is 2.44. The maximum absolute atomic E-state index is 5.72. The second-order valence-corrected chi connectivity index (χ2v) is 4.59. The van der Waals surface area contributed by atoms with Gasteiger partial charge in [-0.2, -0.15) is 5.10 Å². The zero-order valence-electron chi connectivity index (χ0n) is 11.1. The van der Waals surface area contributed by atoms with Gasteiger partial charge in [-0.15, -0.1) is 0 Å². The van der Waals surface area contributed by atoms with Gasteiger partial charge in [0.1, 0.15) is 0 Å². The Morgan fingerprint density at radius 2 is 2.17 bits per heavy atom. The number of nitrogens with two attached hydrogens (primary N) is 1. The van der Waals surface area contributed by atoms with Crippen molar-refractivity contribution >= 4 is 0 Å². The van der Waals surface area contributed by atoms with Gasteiger partial charge in [0.25, 0.3) is 0 Å². The summed E-state index contributed by atoms with van der Waals surface area (Å²) in [7, 11) is 0. The Balaban J connectivity index is 2.41. The Kier molecular flexibility index (Phi) is 3.79. The molecule has 0 bridgehead atoms. The van der Waals surface area contributed by atoms with Gasteiger partial charge in [-0.3, -0.25) is 10.5 Å². The van der Waals surface area contributed by atoms with Gasteiger partial charge < -0.3 is 0 Å². The van der Waals surface area contributed by atoms with Crippen LogP contribution in [0.15, 0.2) is 30.6 Å². The fourth-order valence-corrected chi connectivity index (χ4v) is 2.14. The molecule has 2 rings (SSSR count). The third-order valence-electron chi connectivity index (χ3n) is 3.22. The van der Waals surface area contributed by atoms with Crippen LogP contribution in [0.1, 0.15) is 35.2 Å². The van der Waals surface area contributed by atoms with Gasteiger partial charge in [0, 0.05) is 18.3 Å². The number of aromatic nitrogens is 2. The number of aryl methyl sites for hydroxylation is 3. The molecule has 1 unspecified atom stereocenters. The number of benzene rings is 1. The van der Waals surface area contributed by atoms with Crippen LogP contribution in [0.5, 0.6) is 0 Å². The molecule has 4 nitrogen and oxygen atoms in total. The first-order chi connectivity index (χ1) is 8.65. The normalized spacial score (nSPS) is 12.7. The molecule has 0 aliphatic rings. The van der Waals surface area contributed by atoms with Gasteiger partial charge in [-0.1, -0.05) is 23.8 Å². The van der Waals surface area contributed by atoms with Gasteiger partial charge in [0.15, 0.2) is 0 Å². The van der Waals surface area contributed by atoms with E-state index in [4.69, 9.17) is 5.84 Å². The van der Waals surface area contributed by atoms with Crippen LogP contribution in [0.4, 0.5) is 0 Å². The van der Waals surface area contributed by atoms with Gasteiger partial charge in [0.05, 0.1) is 12.2 Å². The van der Waals surface area contributed by atoms with Gasteiger partial charge in [-0.25, -0.2) is 5.43 Å². The number of nitrogens with zero attached hydrogens (tertiary/aromatic N) is 2. The highest BCUT2D eigenvalue weighted by Crippen LogP contribution is 2.24. The largest absolute Gasteiger partial charge is 0.273 e. The van der Waals surface area contributed by atoms with E-state index in [1.54, 1.807) is 0 Å². The molecule has 0 saturated heterocycles. The molecule has 0 saturated carbocycles. The fourth-order valence-electron chi connectivity index (χ4n) is 2.14. The first kappa shape index (κ1) is 12.8. The van der Waals surface area contributed by atoms with Crippen molar-refractivity contribution in [3.63, 3.8) is 0 Å². The lowest BCUT2D eigenvalue weighted by Gasteiger charge is -2.17. The van der Waals surface area contributed by atoms with E-state index >= 15 is 0 Å². The average molecular weight is 244 g/mol. The van der Waals surface area contributed by atoms with E-state index in [9.17, 15) is 0 Å². The zero-order chi connectivity index (χ0) is 13.1. The third-order valence-corrected chi connectivity index (χ3v) is 3.22. The Bertz CT molecular complexity index is 530. The molecule has 0 radical (unpaired) electrons. The summed E-state index contributed by atoms with van der Waals surface area (Å²) in [5.74, 6) is 5.72. The molecular weight excluding hydrogens is 224 g/mol. The fraction of sp³-hybridized carbons (Fsp3) is 0.357. The van der Waals surface area contributed by atoms with Crippen molar-refractivity contribution in [1.82, 2.24) is 15.2 Å². The van der Waals surface area contributed by atoms with Crippen LogP contribution in [0.2, 0.25) is 0 Å². The Morgan fingerprint density at radius 3 is 2.78 bits per heavy atom. The first-order valence-corrected chi connectivity index (χ1v) is 6.21. The molecular formula is C14H20N4. The first-order valence-electron chi connectivity index (χ1n) is 6.21. The van der Waals surface area contributed by atoms with Gasteiger partial charge >= 0.3 is 0 Å². The minimum absolute atomic E-state index is 0.00907. The lowest BCUT2D eigenvalue weighted by atomic mass is 9.96. The van der Waals surface area contributed by atoms with Crippen molar-refractivity contribution in [3.8, 4) is 0 Å². The standard InChI is InChI=1S/C14H20N4/c1-4-18-9-12(8-16-18)14(17-15)13-7-10(2)5-6-11(13)3/h5-9,14,17H,4,15H2,1-3H3. The summed E-state index contributed by atoms with van der Waals surface area (Å²) in [6, 6.07) is 6.40. The molecule has 0 spiro atoms. The molecule has 1 aromatic carbocycles. The van der Waals surface area contributed by atoms with E-state index in [-0.39, 0.29) is 6.04 Å². The summed E-state index contributed by atoms with van der Waals surface area (Å²) in [6.45, 7) is 7.12. The highest BCUT2D eigenvalue weighted by atomic mass is 15.3. The topological polar surface area (TPSA) is 55.9 Å². The summed E-state index contributed by atoms with van der Waals surface area (Å²) >= 11 is 0. The molecule has 4 heteroatoms. The molecule has 2 aromatic rings. The zero-order valence-corrected chi connectivity index (χ0v) is 11.1. The summed E-state index contributed by atoms with van der Waals surface area (Å²) in [5.41, 5.74) is 7.64. The average Bonchev–Trinajstić information content (AvgIpc) is 2.83. The van der Waals surface area contributed by atoms with Gasteiger partial charge in [-0.05, 0) is 31.9 Å². The van der Waals surface area contributed by atoms with Crippen molar-refractivity contribution in [2.45, 2.75) is 33.4 Å². The Morgan fingerprint density at radius 1 is 1.39 bits per heavy atom. The van der Waals surface area contributed by atoms with Crippen LogP contribution in [-0.2, 0) is 6.54 Å². The van der Waals surface area contributed by atoms with Crippen molar-refractivity contribution < 1.29 is 0 Å². The number of nitrogens with one attached hydrogen (secondary N) is 1. The monoisotopic (exact) mass is 244 g/mol. The van der Waals surface area contributed by atoms with E-state index in [1.807, 2.05) is 17.1 Å². The lowest BCUT2D eigenvalue weighted by molar-refractivity contribution is 0.627. The molecule has 0 aliphatic carbocycles. The van der Waals surface area contributed by atoms with E-state index < -0.39 is 0 Å². The smallest absolute Gasteiger partial charge is 0.0743 e. The summed E-state index contributed by atoms with van der Waals surface area (Å²) in [4.78, 5) is 0. The molecule has 0 fully saturated rings. The van der Waals surface area contributed by atoms with Gasteiger partial charge in [0.2, 0.25) is 0 Å². The van der Waals surface area contributed by atoms with E-state index in [0.29, 0.717) is 0 Å². The Hall–Kier alpha value is -1.65. The number of hydrogen-bond donors (Lipinski definition) is 2. The summed E-state index contributed by atoms with van der Waals surface area (Å²) in [6.07, 6.45) is 3.90. The summed E-state index contributed by atoms with van der Waals surface area (Å²) in [5, 5.41) is 4.30. The summed E-state index contributed by atoms with van der Waals surface area (Å²) < 4.78 is 1.91. The quantitative estimate of drug-likeness (QED) is 0.639. The highest BCUT2D eigenvalue weighted by Gasteiger charge is 2.16. The second-order valence-electron chi connectivity index (χ2n) is 4.59. The van der Waals surface area contributed by atoms with Crippen LogP contribution < -0.4 is 11.3 Å². The van der Waals surface area contributed by atoms with E-state index in [2.05, 4.69) is 49.5 Å². The van der Waals surface area contributed by atoms with Crippen molar-refractivity contribution in [2.75, 3.05) is 0 Å². The van der Waals surface area contributed by atoms with Crippen LogP contribution in [0.3, 0.4) is 0 Å². The molecule has 96 valence electrons. The van der Waals surface area contributed by atoms with E-state index in [0.717, 1.165) is 12.1 Å². The molecule has 18 heavy (non-hydrogen) atoms. The maximum atomic E-state index is 5.72. The molecule has 3 N–H and O–H groups in total. The minimum Gasteiger partial charge on any atom is -0.273 e. The predicted octanol–water partition coefficient (Wildman–Crippen LogP) is 2.07. The number of rotatable bonds is 4. The SMILES string of the molecule is CCn1cc(C(NN)c2cc(C)ccc2C)cn1. The van der Waals surface area contributed by atoms with Crippen molar-refractivity contribution in [1.29, 1.82) is 0 Å². The van der Waals surface area contributed by atoms with Crippen LogP contribution >= 0.6 is 0 Å². The van der Waals surface area contributed by atoms with Crippen LogP contribution in [0, 0.1) is 13.8 Å². The van der Waals surface area contributed by atoms with Crippen LogP contribution in [-0.4, -0.2) is 9.78 Å². The second kappa shape index (κ2) is 5.33. The van der Waals surface area contributed by atoms with Crippen molar-refractivity contribution in [2.24, 2.45) is 5.84 Å². The Labute approximate surface area is 108 Å². The lowest BCUT2D eigenvalue weighted by Crippen LogP contribution is -2.29. The number of hydrogen-bond acceptors (Lipinski definition) is 3. The predicted molar refractivity (Wildman–Crippen MR) is 73.0 cm³/mol. The molecule has 0 amide bonds. The highest BCUT2D eigenvalue weighted by molar-refractivity contribution is 5.37. The molecule has 1 aromatic heterocycles. The molecule has 1 atom stereocenters. The van der Waals surface area contributed by atoms with E-state index in [1.165, 1.54) is 16.7 Å². The molecule has 0 aliphatic heterocycles.